The van der Waals surface area contributed by atoms with E-state index in [2.05, 4.69) is 4.98 Å². The summed E-state index contributed by atoms with van der Waals surface area (Å²) in [4.78, 5) is 16.4. The molecule has 0 saturated carbocycles. The molecule has 0 unspecified atom stereocenters. The molecule has 2 aromatic rings. The Balaban J connectivity index is 2.26. The van der Waals surface area contributed by atoms with Crippen LogP contribution in [0.3, 0.4) is 0 Å². The summed E-state index contributed by atoms with van der Waals surface area (Å²) in [6, 6.07) is 8.49. The third-order valence-electron chi connectivity index (χ3n) is 3.02. The van der Waals surface area contributed by atoms with Crippen molar-refractivity contribution in [1.29, 1.82) is 0 Å². The average Bonchev–Trinajstić information content (AvgIpc) is 2.47. The van der Waals surface area contributed by atoms with Crippen LogP contribution in [0.15, 0.2) is 36.5 Å². The van der Waals surface area contributed by atoms with Gasteiger partial charge in [-0.3, -0.25) is 0 Å². The molecule has 110 valence electrons. The molecule has 1 heterocycles. The molecule has 0 aliphatic heterocycles. The minimum absolute atomic E-state index is 0.00211. The van der Waals surface area contributed by atoms with Crippen LogP contribution >= 0.6 is 0 Å². The van der Waals surface area contributed by atoms with Gasteiger partial charge in [0, 0.05) is 19.8 Å². The lowest BCUT2D eigenvalue weighted by Gasteiger charge is -2.19. The molecule has 0 atom stereocenters. The van der Waals surface area contributed by atoms with Gasteiger partial charge < -0.3 is 14.7 Å². The SMILES string of the molecule is COc1cccc(CN(C)c2nccc(C(=O)O)c2F)c1. The Labute approximate surface area is 121 Å². The molecule has 1 aromatic heterocycles. The molecule has 1 aromatic carbocycles. The number of carboxylic acids is 1. The number of pyridine rings is 1. The van der Waals surface area contributed by atoms with Gasteiger partial charge >= 0.3 is 5.97 Å². The van der Waals surface area contributed by atoms with E-state index in [-0.39, 0.29) is 5.82 Å². The van der Waals surface area contributed by atoms with Crippen LogP contribution in [0.25, 0.3) is 0 Å². The Morgan fingerprint density at radius 1 is 1.43 bits per heavy atom. The summed E-state index contributed by atoms with van der Waals surface area (Å²) in [5.41, 5.74) is 0.510. The average molecular weight is 290 g/mol. The van der Waals surface area contributed by atoms with Crippen LogP contribution in [0, 0.1) is 5.82 Å². The fraction of sp³-hybridized carbons (Fsp3) is 0.200. The molecular weight excluding hydrogens is 275 g/mol. The number of anilines is 1. The second-order valence-corrected chi connectivity index (χ2v) is 4.51. The summed E-state index contributed by atoms with van der Waals surface area (Å²) in [6.07, 6.45) is 1.28. The number of carboxylic acid groups (broad SMARTS) is 1. The topological polar surface area (TPSA) is 62.7 Å². The van der Waals surface area contributed by atoms with Gasteiger partial charge in [-0.1, -0.05) is 12.1 Å². The van der Waals surface area contributed by atoms with Gasteiger partial charge in [-0.25, -0.2) is 14.2 Å². The third-order valence-corrected chi connectivity index (χ3v) is 3.02. The fourth-order valence-corrected chi connectivity index (χ4v) is 1.98. The number of aromatic carboxylic acids is 1. The number of rotatable bonds is 5. The van der Waals surface area contributed by atoms with E-state index in [4.69, 9.17) is 9.84 Å². The van der Waals surface area contributed by atoms with Gasteiger partial charge in [0.2, 0.25) is 0 Å². The van der Waals surface area contributed by atoms with Crippen LogP contribution in [0.4, 0.5) is 10.2 Å². The molecule has 1 N–H and O–H groups in total. The lowest BCUT2D eigenvalue weighted by atomic mass is 10.2. The van der Waals surface area contributed by atoms with Crippen LogP contribution in [0.1, 0.15) is 15.9 Å². The van der Waals surface area contributed by atoms with E-state index in [1.54, 1.807) is 19.1 Å². The molecular formula is C15H15FN2O3. The lowest BCUT2D eigenvalue weighted by Crippen LogP contribution is -2.20. The molecule has 0 spiro atoms. The summed E-state index contributed by atoms with van der Waals surface area (Å²) >= 11 is 0. The summed E-state index contributed by atoms with van der Waals surface area (Å²) in [5.74, 6) is -1.45. The van der Waals surface area contributed by atoms with Gasteiger partial charge in [-0.2, -0.15) is 0 Å². The molecule has 6 heteroatoms. The molecule has 0 radical (unpaired) electrons. The quantitative estimate of drug-likeness (QED) is 0.917. The zero-order valence-corrected chi connectivity index (χ0v) is 11.7. The zero-order chi connectivity index (χ0) is 15.4. The van der Waals surface area contributed by atoms with Crippen LogP contribution in [-0.4, -0.2) is 30.2 Å². The van der Waals surface area contributed by atoms with Crippen molar-refractivity contribution < 1.29 is 19.0 Å². The zero-order valence-electron chi connectivity index (χ0n) is 11.7. The number of carbonyl (C=O) groups is 1. The summed E-state index contributed by atoms with van der Waals surface area (Å²) in [6.45, 7) is 0.379. The highest BCUT2D eigenvalue weighted by Gasteiger charge is 2.17. The number of nitrogens with zero attached hydrogens (tertiary/aromatic N) is 2. The highest BCUT2D eigenvalue weighted by atomic mass is 19.1. The number of methoxy groups -OCH3 is 1. The van der Waals surface area contributed by atoms with Crippen LogP contribution in [-0.2, 0) is 6.54 Å². The van der Waals surface area contributed by atoms with Crippen LogP contribution in [0.5, 0.6) is 5.75 Å². The molecule has 0 amide bonds. The van der Waals surface area contributed by atoms with Crippen molar-refractivity contribution in [3.8, 4) is 5.75 Å². The smallest absolute Gasteiger partial charge is 0.338 e. The Bertz CT molecular complexity index is 661. The molecule has 0 aliphatic carbocycles. The van der Waals surface area contributed by atoms with Crippen molar-refractivity contribution in [2.24, 2.45) is 0 Å². The van der Waals surface area contributed by atoms with E-state index >= 15 is 0 Å². The Kier molecular flexibility index (Phi) is 4.37. The lowest BCUT2D eigenvalue weighted by molar-refractivity contribution is 0.0692. The van der Waals surface area contributed by atoms with E-state index in [1.807, 2.05) is 24.3 Å². The predicted octanol–water partition coefficient (Wildman–Crippen LogP) is 2.56. The monoisotopic (exact) mass is 290 g/mol. The Morgan fingerprint density at radius 2 is 2.19 bits per heavy atom. The molecule has 21 heavy (non-hydrogen) atoms. The number of hydrogen-bond acceptors (Lipinski definition) is 4. The van der Waals surface area contributed by atoms with Gasteiger partial charge in [-0.15, -0.1) is 0 Å². The Morgan fingerprint density at radius 3 is 2.86 bits per heavy atom. The second-order valence-electron chi connectivity index (χ2n) is 4.51. The van der Waals surface area contributed by atoms with E-state index in [1.165, 1.54) is 6.20 Å². The summed E-state index contributed by atoms with van der Waals surface area (Å²) < 4.78 is 19.2. The summed E-state index contributed by atoms with van der Waals surface area (Å²) in [5, 5.41) is 8.93. The number of halogens is 1. The van der Waals surface area contributed by atoms with Gasteiger partial charge in [0.1, 0.15) is 11.3 Å². The van der Waals surface area contributed by atoms with E-state index in [9.17, 15) is 9.18 Å². The second kappa shape index (κ2) is 6.21. The van der Waals surface area contributed by atoms with Gasteiger partial charge in [0.15, 0.2) is 11.6 Å². The highest BCUT2D eigenvalue weighted by Crippen LogP contribution is 2.21. The molecule has 2 rings (SSSR count). The Hall–Kier alpha value is -2.63. The normalized spacial score (nSPS) is 10.2. The third kappa shape index (κ3) is 3.28. The number of aromatic nitrogens is 1. The fourth-order valence-electron chi connectivity index (χ4n) is 1.98. The van der Waals surface area contributed by atoms with Gasteiger partial charge in [0.25, 0.3) is 0 Å². The standard InChI is InChI=1S/C15H15FN2O3/c1-18(9-10-4-3-5-11(8-10)21-2)14-13(16)12(15(19)20)6-7-17-14/h3-8H,9H2,1-2H3,(H,19,20). The van der Waals surface area contributed by atoms with E-state index < -0.39 is 17.3 Å². The summed E-state index contributed by atoms with van der Waals surface area (Å²) in [7, 11) is 3.22. The van der Waals surface area contributed by atoms with Crippen molar-refractivity contribution in [3.63, 3.8) is 0 Å². The maximum absolute atomic E-state index is 14.1. The first-order valence-corrected chi connectivity index (χ1v) is 6.24. The largest absolute Gasteiger partial charge is 0.497 e. The molecule has 0 aliphatic rings. The van der Waals surface area contributed by atoms with Crippen molar-refractivity contribution in [3.05, 3.63) is 53.5 Å². The van der Waals surface area contributed by atoms with Crippen LogP contribution < -0.4 is 9.64 Å². The maximum Gasteiger partial charge on any atom is 0.338 e. The first kappa shape index (κ1) is 14.8. The van der Waals surface area contributed by atoms with Gasteiger partial charge in [-0.05, 0) is 23.8 Å². The van der Waals surface area contributed by atoms with Crippen LogP contribution in [0.2, 0.25) is 0 Å². The first-order valence-electron chi connectivity index (χ1n) is 6.24. The van der Waals surface area contributed by atoms with E-state index in [0.29, 0.717) is 12.3 Å². The first-order chi connectivity index (χ1) is 10.0. The van der Waals surface area contributed by atoms with Crippen molar-refractivity contribution >= 4 is 11.8 Å². The minimum atomic E-state index is -1.31. The number of benzene rings is 1. The molecule has 5 nitrogen and oxygen atoms in total. The van der Waals surface area contributed by atoms with E-state index in [0.717, 1.165) is 11.6 Å². The highest BCUT2D eigenvalue weighted by molar-refractivity contribution is 5.88. The number of ether oxygens (including phenoxy) is 1. The van der Waals surface area contributed by atoms with Crippen molar-refractivity contribution in [1.82, 2.24) is 4.98 Å². The van der Waals surface area contributed by atoms with Gasteiger partial charge in [0.05, 0.1) is 7.11 Å². The molecule has 0 bridgehead atoms. The predicted molar refractivity (Wildman–Crippen MR) is 76.3 cm³/mol. The van der Waals surface area contributed by atoms with Crippen molar-refractivity contribution in [2.75, 3.05) is 19.1 Å². The van der Waals surface area contributed by atoms with Crippen molar-refractivity contribution in [2.45, 2.75) is 6.54 Å². The number of hydrogen-bond donors (Lipinski definition) is 1. The maximum atomic E-state index is 14.1. The molecule has 0 fully saturated rings. The minimum Gasteiger partial charge on any atom is -0.497 e. The molecule has 0 saturated heterocycles.